The maximum Gasteiger partial charge on any atom is 0.422 e. The summed E-state index contributed by atoms with van der Waals surface area (Å²) in [6.07, 6.45) is -3.11. The highest BCUT2D eigenvalue weighted by molar-refractivity contribution is 5.84. The fraction of sp³-hybridized carbons (Fsp3) is 0.500. The number of rotatable bonds is 5. The molecule has 1 rings (SSSR count). The van der Waals surface area contributed by atoms with E-state index in [9.17, 15) is 18.0 Å². The second-order valence-electron chi connectivity index (χ2n) is 4.81. The Labute approximate surface area is 114 Å². The van der Waals surface area contributed by atoms with E-state index in [4.69, 9.17) is 5.73 Å². The number of nitrogens with two attached hydrogens (primary N) is 1. The van der Waals surface area contributed by atoms with Crippen LogP contribution < -0.4 is 15.8 Å². The summed E-state index contributed by atoms with van der Waals surface area (Å²) < 4.78 is 40.5. The Bertz CT molecular complexity index is 470. The van der Waals surface area contributed by atoms with E-state index in [0.29, 0.717) is 5.56 Å². The van der Waals surface area contributed by atoms with Gasteiger partial charge < -0.3 is 15.8 Å². The zero-order chi connectivity index (χ0) is 15.4. The van der Waals surface area contributed by atoms with Gasteiger partial charge in [-0.1, -0.05) is 0 Å². The smallest absolute Gasteiger partial charge is 0.422 e. The van der Waals surface area contributed by atoms with Crippen LogP contribution in [0.2, 0.25) is 0 Å². The van der Waals surface area contributed by atoms with E-state index in [1.54, 1.807) is 19.9 Å². The Balaban J connectivity index is 2.58. The molecule has 0 atom stereocenters. The first-order chi connectivity index (χ1) is 9.08. The van der Waals surface area contributed by atoms with Gasteiger partial charge in [0.25, 0.3) is 0 Å². The van der Waals surface area contributed by atoms with Crippen LogP contribution in [0.3, 0.4) is 0 Å². The van der Waals surface area contributed by atoms with Crippen LogP contribution in [0.5, 0.6) is 5.88 Å². The average molecular weight is 291 g/mol. The second kappa shape index (κ2) is 6.08. The van der Waals surface area contributed by atoms with Crippen molar-refractivity contribution in [1.29, 1.82) is 0 Å². The lowest BCUT2D eigenvalue weighted by molar-refractivity contribution is -0.154. The SMILES string of the molecule is CC(C)(N)C(=O)NCc1ccnc(OCC(F)(F)F)c1. The predicted molar refractivity (Wildman–Crippen MR) is 65.9 cm³/mol. The minimum absolute atomic E-state index is 0.129. The number of aromatic nitrogens is 1. The van der Waals surface area contributed by atoms with E-state index in [1.807, 2.05) is 0 Å². The molecule has 0 saturated carbocycles. The van der Waals surface area contributed by atoms with Gasteiger partial charge in [-0.3, -0.25) is 4.79 Å². The number of pyridine rings is 1. The number of ether oxygens (including phenoxy) is 1. The molecule has 1 heterocycles. The van der Waals surface area contributed by atoms with E-state index in [0.717, 1.165) is 0 Å². The minimum Gasteiger partial charge on any atom is -0.468 e. The Morgan fingerprint density at radius 2 is 2.10 bits per heavy atom. The molecule has 1 aromatic heterocycles. The van der Waals surface area contributed by atoms with E-state index in [2.05, 4.69) is 15.0 Å². The lowest BCUT2D eigenvalue weighted by Gasteiger charge is -2.17. The molecular weight excluding hydrogens is 275 g/mol. The number of halogens is 3. The summed E-state index contributed by atoms with van der Waals surface area (Å²) in [6.45, 7) is 1.81. The van der Waals surface area contributed by atoms with Crippen molar-refractivity contribution in [3.63, 3.8) is 0 Å². The predicted octanol–water partition coefficient (Wildman–Crippen LogP) is 1.38. The van der Waals surface area contributed by atoms with Gasteiger partial charge in [-0.05, 0) is 25.5 Å². The lowest BCUT2D eigenvalue weighted by atomic mass is 10.1. The molecule has 1 aromatic rings. The van der Waals surface area contributed by atoms with E-state index < -0.39 is 18.3 Å². The van der Waals surface area contributed by atoms with Crippen LogP contribution in [0.15, 0.2) is 18.3 Å². The quantitative estimate of drug-likeness (QED) is 0.859. The molecular formula is C12H16F3N3O2. The van der Waals surface area contributed by atoms with Crippen molar-refractivity contribution in [3.8, 4) is 5.88 Å². The Hall–Kier alpha value is -1.83. The Morgan fingerprint density at radius 1 is 1.45 bits per heavy atom. The van der Waals surface area contributed by atoms with Crippen LogP contribution >= 0.6 is 0 Å². The van der Waals surface area contributed by atoms with Gasteiger partial charge in [0.1, 0.15) is 0 Å². The summed E-state index contributed by atoms with van der Waals surface area (Å²) in [5.74, 6) is -0.520. The molecule has 112 valence electrons. The topological polar surface area (TPSA) is 77.2 Å². The zero-order valence-electron chi connectivity index (χ0n) is 11.1. The number of nitrogens with one attached hydrogen (secondary N) is 1. The van der Waals surface area contributed by atoms with E-state index >= 15 is 0 Å². The maximum absolute atomic E-state index is 12.0. The van der Waals surface area contributed by atoms with Gasteiger partial charge in [0.2, 0.25) is 11.8 Å². The highest BCUT2D eigenvalue weighted by Crippen LogP contribution is 2.17. The van der Waals surface area contributed by atoms with Gasteiger partial charge in [0.05, 0.1) is 5.54 Å². The normalized spacial score (nSPS) is 12.1. The molecule has 0 bridgehead atoms. The molecule has 0 saturated heterocycles. The van der Waals surface area contributed by atoms with Gasteiger partial charge in [-0.25, -0.2) is 4.98 Å². The van der Waals surface area contributed by atoms with Crippen LogP contribution in [0.4, 0.5) is 13.2 Å². The summed E-state index contributed by atoms with van der Waals surface area (Å²) >= 11 is 0. The van der Waals surface area contributed by atoms with Crippen LogP contribution in [0.25, 0.3) is 0 Å². The number of carbonyl (C=O) groups is 1. The van der Waals surface area contributed by atoms with Crippen molar-refractivity contribution in [2.24, 2.45) is 5.73 Å². The van der Waals surface area contributed by atoms with E-state index in [1.165, 1.54) is 12.3 Å². The number of hydrogen-bond acceptors (Lipinski definition) is 4. The van der Waals surface area contributed by atoms with E-state index in [-0.39, 0.29) is 18.3 Å². The van der Waals surface area contributed by atoms with Gasteiger partial charge in [-0.15, -0.1) is 0 Å². The number of nitrogens with zero attached hydrogens (tertiary/aromatic N) is 1. The minimum atomic E-state index is -4.42. The first-order valence-electron chi connectivity index (χ1n) is 5.79. The summed E-state index contributed by atoms with van der Waals surface area (Å²) in [7, 11) is 0. The zero-order valence-corrected chi connectivity index (χ0v) is 11.1. The van der Waals surface area contributed by atoms with Crippen molar-refractivity contribution < 1.29 is 22.7 Å². The third-order valence-electron chi connectivity index (χ3n) is 2.22. The summed E-state index contributed by atoms with van der Waals surface area (Å²) in [6, 6.07) is 2.89. The first-order valence-corrected chi connectivity index (χ1v) is 5.79. The van der Waals surface area contributed by atoms with Gasteiger partial charge in [0, 0.05) is 18.8 Å². The molecule has 0 fully saturated rings. The van der Waals surface area contributed by atoms with Gasteiger partial charge in [-0.2, -0.15) is 13.2 Å². The lowest BCUT2D eigenvalue weighted by Crippen LogP contribution is -2.48. The molecule has 0 aliphatic carbocycles. The van der Waals surface area contributed by atoms with Crippen LogP contribution in [0, 0.1) is 0 Å². The molecule has 8 heteroatoms. The Kier molecular flexibility index (Phi) is 4.93. The number of hydrogen-bond donors (Lipinski definition) is 2. The maximum atomic E-state index is 12.0. The fourth-order valence-corrected chi connectivity index (χ4v) is 1.21. The fourth-order valence-electron chi connectivity index (χ4n) is 1.21. The van der Waals surface area contributed by atoms with Crippen molar-refractivity contribution in [1.82, 2.24) is 10.3 Å². The third-order valence-corrected chi connectivity index (χ3v) is 2.22. The molecule has 0 aliphatic rings. The highest BCUT2D eigenvalue weighted by Gasteiger charge is 2.28. The van der Waals surface area contributed by atoms with Crippen molar-refractivity contribution in [2.75, 3.05) is 6.61 Å². The summed E-state index contributed by atoms with van der Waals surface area (Å²) in [5, 5.41) is 2.57. The highest BCUT2D eigenvalue weighted by atomic mass is 19.4. The van der Waals surface area contributed by atoms with Crippen LogP contribution in [0.1, 0.15) is 19.4 Å². The molecule has 0 radical (unpaired) electrons. The van der Waals surface area contributed by atoms with Crippen molar-refractivity contribution in [2.45, 2.75) is 32.1 Å². The number of amides is 1. The second-order valence-corrected chi connectivity index (χ2v) is 4.81. The van der Waals surface area contributed by atoms with Crippen molar-refractivity contribution >= 4 is 5.91 Å². The molecule has 20 heavy (non-hydrogen) atoms. The molecule has 1 amide bonds. The molecule has 3 N–H and O–H groups in total. The molecule has 0 unspecified atom stereocenters. The molecule has 0 spiro atoms. The van der Waals surface area contributed by atoms with Crippen LogP contribution in [-0.2, 0) is 11.3 Å². The summed E-state index contributed by atoms with van der Waals surface area (Å²) in [4.78, 5) is 15.2. The molecule has 5 nitrogen and oxygen atoms in total. The van der Waals surface area contributed by atoms with Crippen LogP contribution in [-0.4, -0.2) is 29.2 Å². The summed E-state index contributed by atoms with van der Waals surface area (Å²) in [5.41, 5.74) is 5.13. The largest absolute Gasteiger partial charge is 0.468 e. The van der Waals surface area contributed by atoms with Gasteiger partial charge in [0.15, 0.2) is 6.61 Å². The monoisotopic (exact) mass is 291 g/mol. The Morgan fingerprint density at radius 3 is 2.65 bits per heavy atom. The molecule has 0 aliphatic heterocycles. The molecule has 0 aromatic carbocycles. The number of carbonyl (C=O) groups excluding carboxylic acids is 1. The first kappa shape index (κ1) is 16.2. The average Bonchev–Trinajstić information content (AvgIpc) is 2.32. The third kappa shape index (κ3) is 5.87. The van der Waals surface area contributed by atoms with Crippen molar-refractivity contribution in [3.05, 3.63) is 23.9 Å². The standard InChI is InChI=1S/C12H16F3N3O2/c1-11(2,16)10(19)18-6-8-3-4-17-9(5-8)20-7-12(13,14)15/h3-5H,6-7,16H2,1-2H3,(H,18,19). The van der Waals surface area contributed by atoms with Gasteiger partial charge >= 0.3 is 6.18 Å². The number of alkyl halides is 3.